The summed E-state index contributed by atoms with van der Waals surface area (Å²) in [6.45, 7) is 24.0. The molecule has 0 bridgehead atoms. The summed E-state index contributed by atoms with van der Waals surface area (Å²) >= 11 is 0. The maximum atomic E-state index is 4.24. The van der Waals surface area contributed by atoms with Gasteiger partial charge in [-0.1, -0.05) is 124 Å². The van der Waals surface area contributed by atoms with Crippen molar-refractivity contribution in [3.63, 3.8) is 0 Å². The summed E-state index contributed by atoms with van der Waals surface area (Å²) in [6.07, 6.45) is 35.0. The van der Waals surface area contributed by atoms with Crippen molar-refractivity contribution in [1.29, 1.82) is 0 Å². The molecule has 12 rings (SSSR count). The van der Waals surface area contributed by atoms with Gasteiger partial charge in [0.2, 0.25) is 6.20 Å². The second kappa shape index (κ2) is 40.6. The van der Waals surface area contributed by atoms with Gasteiger partial charge in [0.05, 0.1) is 28.7 Å². The van der Waals surface area contributed by atoms with E-state index in [9.17, 15) is 0 Å². The first-order chi connectivity index (χ1) is 38.2. The third-order valence-electron chi connectivity index (χ3n) is 10.2. The minimum atomic E-state index is 1.04. The number of hydrogen-bond donors (Lipinski definition) is 0. The van der Waals surface area contributed by atoms with Crippen molar-refractivity contribution in [2.45, 2.75) is 83.1 Å². The fourth-order valence-electron chi connectivity index (χ4n) is 6.77. The predicted octanol–water partition coefficient (Wildman–Crippen LogP) is 12.5. The molecule has 78 heavy (non-hydrogen) atoms. The lowest BCUT2D eigenvalue weighted by Crippen LogP contribution is -2.31. The van der Waals surface area contributed by atoms with Gasteiger partial charge in [-0.05, 0) is 64.0 Å². The number of aryl methyl sites for hydroxylation is 6. The third kappa shape index (κ3) is 23.9. The number of para-hydroxylation sites is 1. The summed E-state index contributed by atoms with van der Waals surface area (Å²) in [5.41, 5.74) is 3.13. The molecule has 0 saturated heterocycles. The summed E-state index contributed by atoms with van der Waals surface area (Å²) in [7, 11) is 11.9. The van der Waals surface area contributed by atoms with Crippen LogP contribution in [0.15, 0.2) is 221 Å². The largest absolute Gasteiger partial charge is 0.286 e. The maximum absolute atomic E-state index is 4.24. The van der Waals surface area contributed by atoms with Crippen LogP contribution in [0.2, 0.25) is 0 Å². The molecule has 12 aromatic rings. The third-order valence-corrected chi connectivity index (χ3v) is 10.2. The summed E-state index contributed by atoms with van der Waals surface area (Å²) < 4.78 is 11.8. The SMILES string of the molecule is CC.CC.CC.CC.CC.CC.C[n+]1cc2ccccc2cn1.C[n+]1ccc2cccnc2c1.C[n+]1ccc2ccncc2c1.C[n+]1ccc2cnccc2c1.C[n+]1ccc2ncccc2c1.C[n+]1cnc2ccccc2c1. The van der Waals surface area contributed by atoms with E-state index in [2.05, 4.69) is 103 Å². The minimum Gasteiger partial charge on any atom is -0.264 e. The van der Waals surface area contributed by atoms with Gasteiger partial charge in [-0.15, -0.1) is 0 Å². The van der Waals surface area contributed by atoms with Crippen molar-refractivity contribution in [3.05, 3.63) is 221 Å². The van der Waals surface area contributed by atoms with Crippen molar-refractivity contribution in [1.82, 2.24) is 30.0 Å². The molecule has 0 radical (unpaired) electrons. The summed E-state index contributed by atoms with van der Waals surface area (Å²) in [5.74, 6) is 0. The molecule has 12 nitrogen and oxygen atoms in total. The zero-order valence-electron chi connectivity index (χ0n) is 50.2. The van der Waals surface area contributed by atoms with Crippen LogP contribution in [0.1, 0.15) is 83.1 Å². The Morgan fingerprint density at radius 2 is 0.667 bits per heavy atom. The molecule has 0 fully saturated rings. The number of hydrogen-bond acceptors (Lipinski definition) is 6. The minimum absolute atomic E-state index is 1.04. The molecule has 0 N–H and O–H groups in total. The Morgan fingerprint density at radius 3 is 1.29 bits per heavy atom. The molecule has 0 aliphatic heterocycles. The Hall–Kier alpha value is -8.64. The van der Waals surface area contributed by atoms with E-state index in [0.29, 0.717) is 0 Å². The molecule has 0 amide bonds. The van der Waals surface area contributed by atoms with E-state index in [4.69, 9.17) is 0 Å². The molecule has 0 aliphatic carbocycles. The van der Waals surface area contributed by atoms with Gasteiger partial charge in [-0.25, -0.2) is 27.8 Å². The Morgan fingerprint density at radius 1 is 0.269 bits per heavy atom. The number of pyridine rings is 8. The zero-order valence-corrected chi connectivity index (χ0v) is 50.2. The number of nitrogens with zero attached hydrogens (tertiary/aromatic N) is 12. The van der Waals surface area contributed by atoms with E-state index in [1.54, 1.807) is 0 Å². The fraction of sp³-hybridized carbons (Fsp3) is 0.273. The highest BCUT2D eigenvalue weighted by molar-refractivity contribution is 5.81. The standard InChI is InChI=1S/6C9H9N2.6C2H6/c1-11-5-3-8-6-10-4-2-9(8)7-11;1-11-5-3-8-2-4-10-6-9(8)7-11;1-11-6-4-9-8(7-11)3-2-5-10-9;1-11-6-4-8-3-2-5-10-9(8)7-11;1-11-6-8-4-2-3-5-9(8)10-7-11;1-11-7-9-5-3-2-4-8(9)6-10-11;6*1-2/h6*2-7H,1H3;6*1-2H3/q6*+1;;;;;;. The smallest absolute Gasteiger partial charge is 0.264 e. The molecule has 10 aromatic heterocycles. The van der Waals surface area contributed by atoms with Crippen LogP contribution in [0, 0.1) is 0 Å². The summed E-state index contributed by atoms with van der Waals surface area (Å²) in [5, 5.41) is 14.9. The fourth-order valence-corrected chi connectivity index (χ4v) is 6.77. The first kappa shape index (κ1) is 67.4. The van der Waals surface area contributed by atoms with Crippen LogP contribution in [0.3, 0.4) is 0 Å². The molecule has 0 unspecified atom stereocenters. The second-order valence-electron chi connectivity index (χ2n) is 15.6. The van der Waals surface area contributed by atoms with Crippen molar-refractivity contribution in [2.24, 2.45) is 42.3 Å². The second-order valence-corrected chi connectivity index (χ2v) is 15.6. The van der Waals surface area contributed by atoms with Gasteiger partial charge >= 0.3 is 0 Å². The molecule has 2 aromatic carbocycles. The Balaban J connectivity index is 0.000000450. The van der Waals surface area contributed by atoms with Gasteiger partial charge in [0.1, 0.15) is 46.1 Å². The average Bonchev–Trinajstić information content (AvgIpc) is 3.51. The monoisotopic (exact) mass is 1050 g/mol. The highest BCUT2D eigenvalue weighted by Gasteiger charge is 2.01. The summed E-state index contributed by atoms with van der Waals surface area (Å²) in [4.78, 5) is 20.7. The molecule has 408 valence electrons. The summed E-state index contributed by atoms with van der Waals surface area (Å²) in [6, 6.07) is 36.5. The lowest BCUT2D eigenvalue weighted by atomic mass is 10.2. The maximum Gasteiger partial charge on any atom is 0.286 e. The van der Waals surface area contributed by atoms with Gasteiger partial charge in [0.25, 0.3) is 6.33 Å². The van der Waals surface area contributed by atoms with Crippen molar-refractivity contribution >= 4 is 65.0 Å². The first-order valence-electron chi connectivity index (χ1n) is 27.4. The topological polar surface area (TPSA) is 101 Å². The molecular formula is C66H90N12+6. The van der Waals surface area contributed by atoms with Crippen LogP contribution < -0.4 is 27.5 Å². The van der Waals surface area contributed by atoms with E-state index in [1.807, 2.05) is 300 Å². The number of benzene rings is 2. The normalized spacial score (nSPS) is 9.15. The van der Waals surface area contributed by atoms with Gasteiger partial charge in [-0.2, -0.15) is 0 Å². The lowest BCUT2D eigenvalue weighted by molar-refractivity contribution is -0.729. The Labute approximate surface area is 466 Å². The first-order valence-corrected chi connectivity index (χ1v) is 27.4. The van der Waals surface area contributed by atoms with Crippen molar-refractivity contribution in [2.75, 3.05) is 0 Å². The predicted molar refractivity (Wildman–Crippen MR) is 326 cm³/mol. The molecule has 0 spiro atoms. The van der Waals surface area contributed by atoms with Gasteiger partial charge in [-0.3, -0.25) is 15.0 Å². The van der Waals surface area contributed by atoms with Crippen LogP contribution in [-0.4, -0.2) is 30.0 Å². The van der Waals surface area contributed by atoms with Crippen LogP contribution in [0.5, 0.6) is 0 Å². The molecule has 0 aliphatic rings. The number of fused-ring (bicyclic) bond motifs is 6. The van der Waals surface area contributed by atoms with Crippen LogP contribution in [0.25, 0.3) is 65.0 Å². The number of rotatable bonds is 0. The highest BCUT2D eigenvalue weighted by Crippen LogP contribution is 2.10. The van der Waals surface area contributed by atoms with E-state index in [1.165, 1.54) is 48.5 Å². The van der Waals surface area contributed by atoms with E-state index in [0.717, 1.165) is 16.6 Å². The van der Waals surface area contributed by atoms with Gasteiger partial charge in [0, 0.05) is 88.4 Å². The molecule has 0 atom stereocenters. The van der Waals surface area contributed by atoms with E-state index in [-0.39, 0.29) is 0 Å². The zero-order chi connectivity index (χ0) is 58.1. The van der Waals surface area contributed by atoms with Gasteiger partial charge in [0.15, 0.2) is 62.1 Å². The molecule has 10 heterocycles. The van der Waals surface area contributed by atoms with Crippen molar-refractivity contribution in [3.8, 4) is 0 Å². The average molecular weight is 1050 g/mol. The molecule has 0 saturated carbocycles. The van der Waals surface area contributed by atoms with E-state index >= 15 is 0 Å². The van der Waals surface area contributed by atoms with Crippen LogP contribution >= 0.6 is 0 Å². The Bertz CT molecular complexity index is 2890. The van der Waals surface area contributed by atoms with Crippen molar-refractivity contribution < 1.29 is 27.5 Å². The van der Waals surface area contributed by atoms with Gasteiger partial charge < -0.3 is 0 Å². The van der Waals surface area contributed by atoms with Crippen LogP contribution in [0.4, 0.5) is 0 Å². The Kier molecular flexibility index (Phi) is 35.1. The highest BCUT2D eigenvalue weighted by atomic mass is 15.2. The number of aromatic nitrogens is 12. The lowest BCUT2D eigenvalue weighted by Gasteiger charge is -1.91. The molecule has 12 heteroatoms. The van der Waals surface area contributed by atoms with E-state index < -0.39 is 0 Å². The molecular weight excluding hydrogens is 961 g/mol. The quantitative estimate of drug-likeness (QED) is 0.140. The van der Waals surface area contributed by atoms with Crippen LogP contribution in [-0.2, 0) is 42.3 Å².